The third kappa shape index (κ3) is 5.06. The zero-order valence-corrected chi connectivity index (χ0v) is 18.7. The van der Waals surface area contributed by atoms with Crippen LogP contribution in [-0.2, 0) is 4.79 Å². The molecule has 1 aliphatic heterocycles. The Morgan fingerprint density at radius 3 is 2.45 bits per heavy atom. The van der Waals surface area contributed by atoms with Crippen molar-refractivity contribution in [1.29, 1.82) is 0 Å². The van der Waals surface area contributed by atoms with Gasteiger partial charge in [-0.15, -0.1) is 0 Å². The van der Waals surface area contributed by atoms with Crippen molar-refractivity contribution >= 4 is 29.1 Å². The van der Waals surface area contributed by atoms with E-state index in [-0.39, 0.29) is 23.8 Å². The highest BCUT2D eigenvalue weighted by Crippen LogP contribution is 2.34. The molecule has 2 aromatic rings. The monoisotopic (exact) mass is 440 g/mol. The molecule has 31 heavy (non-hydrogen) atoms. The van der Waals surface area contributed by atoms with Crippen molar-refractivity contribution < 1.29 is 9.59 Å². The minimum atomic E-state index is -0.259. The largest absolute Gasteiger partial charge is 0.332 e. The summed E-state index contributed by atoms with van der Waals surface area (Å²) < 4.78 is 0. The topological polar surface area (TPSA) is 75.2 Å². The van der Waals surface area contributed by atoms with Crippen molar-refractivity contribution in [2.45, 2.75) is 64.3 Å². The van der Waals surface area contributed by atoms with Crippen molar-refractivity contribution in [3.63, 3.8) is 0 Å². The maximum atomic E-state index is 13.2. The van der Waals surface area contributed by atoms with E-state index in [2.05, 4.69) is 15.3 Å². The molecule has 1 saturated heterocycles. The van der Waals surface area contributed by atoms with E-state index in [0.717, 1.165) is 51.5 Å². The summed E-state index contributed by atoms with van der Waals surface area (Å²) in [4.78, 5) is 37.1. The van der Waals surface area contributed by atoms with Gasteiger partial charge in [-0.1, -0.05) is 30.9 Å². The molecule has 1 aromatic carbocycles. The number of carbonyl (C=O) groups excluding carboxylic acids is 2. The number of hydrogen-bond donors (Lipinski definition) is 1. The summed E-state index contributed by atoms with van der Waals surface area (Å²) >= 11 is 5.90. The van der Waals surface area contributed by atoms with Crippen LogP contribution in [-0.4, -0.2) is 33.2 Å². The normalized spacial score (nSPS) is 19.8. The lowest BCUT2D eigenvalue weighted by Crippen LogP contribution is -2.43. The molecule has 4 rings (SSSR count). The summed E-state index contributed by atoms with van der Waals surface area (Å²) in [6.07, 6.45) is 10.0. The Balaban J connectivity index is 1.50. The highest BCUT2D eigenvalue weighted by atomic mass is 35.5. The highest BCUT2D eigenvalue weighted by Gasteiger charge is 2.34. The number of aryl methyl sites for hydroxylation is 1. The second kappa shape index (κ2) is 9.77. The van der Waals surface area contributed by atoms with E-state index in [0.29, 0.717) is 27.8 Å². The van der Waals surface area contributed by atoms with E-state index in [1.165, 1.54) is 6.42 Å². The fourth-order valence-electron chi connectivity index (χ4n) is 4.65. The van der Waals surface area contributed by atoms with Crippen LogP contribution in [0.3, 0.4) is 0 Å². The average Bonchev–Trinajstić information content (AvgIpc) is 2.80. The SMILES string of the molecule is Cc1nc([C@@H]2CCCCN2C(=O)C2CCCCC2)ncc1C(=O)Nc1ccc(Cl)cc1. The third-order valence-electron chi connectivity index (χ3n) is 6.38. The molecule has 2 amide bonds. The van der Waals surface area contributed by atoms with Crippen LogP contribution < -0.4 is 5.32 Å². The van der Waals surface area contributed by atoms with Gasteiger partial charge in [-0.2, -0.15) is 0 Å². The number of benzene rings is 1. The highest BCUT2D eigenvalue weighted by molar-refractivity contribution is 6.30. The van der Waals surface area contributed by atoms with Crippen LogP contribution in [0.5, 0.6) is 0 Å². The Morgan fingerprint density at radius 1 is 1.03 bits per heavy atom. The van der Waals surface area contributed by atoms with Crippen molar-refractivity contribution in [2.75, 3.05) is 11.9 Å². The molecule has 2 aliphatic rings. The van der Waals surface area contributed by atoms with Gasteiger partial charge in [0.05, 0.1) is 17.3 Å². The van der Waals surface area contributed by atoms with Crippen molar-refractivity contribution in [3.8, 4) is 0 Å². The number of rotatable bonds is 4. The van der Waals surface area contributed by atoms with Crippen LogP contribution in [0.15, 0.2) is 30.5 Å². The number of nitrogens with one attached hydrogen (secondary N) is 1. The summed E-state index contributed by atoms with van der Waals surface area (Å²) in [5.41, 5.74) is 1.71. The van der Waals surface area contributed by atoms with Gasteiger partial charge in [-0.05, 0) is 63.3 Å². The number of halogens is 1. The van der Waals surface area contributed by atoms with Crippen molar-refractivity contribution in [3.05, 3.63) is 52.6 Å². The van der Waals surface area contributed by atoms with E-state index in [9.17, 15) is 9.59 Å². The van der Waals surface area contributed by atoms with Gasteiger partial charge in [0.15, 0.2) is 5.82 Å². The smallest absolute Gasteiger partial charge is 0.259 e. The summed E-state index contributed by atoms with van der Waals surface area (Å²) in [6.45, 7) is 2.58. The predicted octanol–water partition coefficient (Wildman–Crippen LogP) is 5.32. The second-order valence-electron chi connectivity index (χ2n) is 8.57. The first-order valence-corrected chi connectivity index (χ1v) is 11.6. The number of anilines is 1. The summed E-state index contributed by atoms with van der Waals surface area (Å²) in [5, 5.41) is 3.47. The predicted molar refractivity (Wildman–Crippen MR) is 121 cm³/mol. The number of piperidine rings is 1. The molecule has 1 aromatic heterocycles. The van der Waals surface area contributed by atoms with Crippen LogP contribution in [0.2, 0.25) is 5.02 Å². The van der Waals surface area contributed by atoms with Crippen LogP contribution in [0.4, 0.5) is 5.69 Å². The summed E-state index contributed by atoms with van der Waals surface area (Å²) in [7, 11) is 0. The number of nitrogens with zero attached hydrogens (tertiary/aromatic N) is 3. The molecule has 0 spiro atoms. The number of likely N-dealkylation sites (tertiary alicyclic amines) is 1. The quantitative estimate of drug-likeness (QED) is 0.697. The van der Waals surface area contributed by atoms with Gasteiger partial charge in [-0.3, -0.25) is 9.59 Å². The summed E-state index contributed by atoms with van der Waals surface area (Å²) in [6, 6.07) is 6.86. The molecule has 7 heteroatoms. The Kier molecular flexibility index (Phi) is 6.86. The molecule has 164 valence electrons. The molecule has 1 aliphatic carbocycles. The van der Waals surface area contributed by atoms with Crippen LogP contribution in [0, 0.1) is 12.8 Å². The molecule has 0 unspecified atom stereocenters. The van der Waals surface area contributed by atoms with Gasteiger partial charge in [0, 0.05) is 29.4 Å². The zero-order chi connectivity index (χ0) is 21.8. The standard InChI is InChI=1S/C24H29ClN4O2/c1-16-20(23(30)28-19-12-10-18(25)11-13-19)15-26-22(27-16)21-9-5-6-14-29(21)24(31)17-7-3-2-4-8-17/h10-13,15,17,21H,2-9,14H2,1H3,(H,28,30)/t21-/m0/s1. The van der Waals surface area contributed by atoms with Crippen LogP contribution in [0.25, 0.3) is 0 Å². The van der Waals surface area contributed by atoms with Gasteiger partial charge in [0.25, 0.3) is 5.91 Å². The van der Waals surface area contributed by atoms with E-state index < -0.39 is 0 Å². The molecule has 2 heterocycles. The first kappa shape index (κ1) is 21.8. The fourth-order valence-corrected chi connectivity index (χ4v) is 4.77. The first-order valence-electron chi connectivity index (χ1n) is 11.2. The lowest BCUT2D eigenvalue weighted by molar-refractivity contribution is -0.140. The third-order valence-corrected chi connectivity index (χ3v) is 6.63. The molecule has 1 atom stereocenters. The molecule has 2 fully saturated rings. The van der Waals surface area contributed by atoms with Gasteiger partial charge in [0.2, 0.25) is 5.91 Å². The molecule has 0 bridgehead atoms. The molecule has 0 radical (unpaired) electrons. The average molecular weight is 441 g/mol. The molecule has 1 N–H and O–H groups in total. The maximum absolute atomic E-state index is 13.2. The number of aromatic nitrogens is 2. The van der Waals surface area contributed by atoms with E-state index in [1.54, 1.807) is 30.5 Å². The molecular formula is C24H29ClN4O2. The van der Waals surface area contributed by atoms with Crippen LogP contribution >= 0.6 is 11.6 Å². The Hall–Kier alpha value is -2.47. The van der Waals surface area contributed by atoms with Gasteiger partial charge < -0.3 is 10.2 Å². The number of hydrogen-bond acceptors (Lipinski definition) is 4. The Labute approximate surface area is 188 Å². The Morgan fingerprint density at radius 2 is 1.74 bits per heavy atom. The fraction of sp³-hybridized carbons (Fsp3) is 0.500. The van der Waals surface area contributed by atoms with E-state index in [1.807, 2.05) is 11.8 Å². The Bertz CT molecular complexity index is 941. The molecule has 6 nitrogen and oxygen atoms in total. The van der Waals surface area contributed by atoms with Gasteiger partial charge in [-0.25, -0.2) is 9.97 Å². The number of amides is 2. The van der Waals surface area contributed by atoms with Gasteiger partial charge in [0.1, 0.15) is 0 Å². The molecular weight excluding hydrogens is 412 g/mol. The zero-order valence-electron chi connectivity index (χ0n) is 17.9. The summed E-state index contributed by atoms with van der Waals surface area (Å²) in [5.74, 6) is 0.782. The van der Waals surface area contributed by atoms with E-state index >= 15 is 0 Å². The number of carbonyl (C=O) groups is 2. The maximum Gasteiger partial charge on any atom is 0.259 e. The molecule has 1 saturated carbocycles. The first-order chi connectivity index (χ1) is 15.0. The minimum Gasteiger partial charge on any atom is -0.332 e. The van der Waals surface area contributed by atoms with Crippen molar-refractivity contribution in [1.82, 2.24) is 14.9 Å². The lowest BCUT2D eigenvalue weighted by atomic mass is 9.87. The second-order valence-corrected chi connectivity index (χ2v) is 9.00. The van der Waals surface area contributed by atoms with E-state index in [4.69, 9.17) is 11.6 Å². The lowest BCUT2D eigenvalue weighted by Gasteiger charge is -2.38. The van der Waals surface area contributed by atoms with Crippen LogP contribution in [0.1, 0.15) is 79.3 Å². The van der Waals surface area contributed by atoms with Gasteiger partial charge >= 0.3 is 0 Å². The van der Waals surface area contributed by atoms with Crippen molar-refractivity contribution in [2.24, 2.45) is 5.92 Å². The minimum absolute atomic E-state index is 0.102.